The summed E-state index contributed by atoms with van der Waals surface area (Å²) < 4.78 is 29.1. The van der Waals surface area contributed by atoms with Gasteiger partial charge in [0.15, 0.2) is 14.5 Å². The Labute approximate surface area is 114 Å². The van der Waals surface area contributed by atoms with Gasteiger partial charge in [0.25, 0.3) is 0 Å². The molecule has 1 aliphatic carbocycles. The molecule has 2 heterocycles. The molecule has 6 heteroatoms. The zero-order chi connectivity index (χ0) is 12.8. The number of alkyl halides is 1. The van der Waals surface area contributed by atoms with Crippen molar-refractivity contribution in [1.29, 1.82) is 0 Å². The Kier molecular flexibility index (Phi) is 3.37. The number of ether oxygens (including phenoxy) is 1. The Morgan fingerprint density at radius 2 is 1.89 bits per heavy atom. The van der Waals surface area contributed by atoms with Gasteiger partial charge in [-0.15, -0.1) is 11.6 Å². The first-order valence-corrected chi connectivity index (χ1v) is 8.84. The lowest BCUT2D eigenvalue weighted by Crippen LogP contribution is -2.76. The highest BCUT2D eigenvalue weighted by molar-refractivity contribution is 7.95. The van der Waals surface area contributed by atoms with Gasteiger partial charge >= 0.3 is 0 Å². The zero-order valence-electron chi connectivity index (χ0n) is 10.5. The van der Waals surface area contributed by atoms with Crippen molar-refractivity contribution in [3.05, 3.63) is 0 Å². The average molecular weight is 294 g/mol. The van der Waals surface area contributed by atoms with E-state index in [-0.39, 0.29) is 10.8 Å². The van der Waals surface area contributed by atoms with Crippen molar-refractivity contribution in [2.75, 3.05) is 26.3 Å². The highest BCUT2D eigenvalue weighted by atomic mass is 35.5. The second-order valence-electron chi connectivity index (χ2n) is 5.58. The van der Waals surface area contributed by atoms with Gasteiger partial charge in [0.1, 0.15) is 0 Å². The van der Waals surface area contributed by atoms with Crippen LogP contribution in [0.2, 0.25) is 0 Å². The summed E-state index contributed by atoms with van der Waals surface area (Å²) in [5.74, 6) is 0. The number of sulfone groups is 1. The second kappa shape index (κ2) is 4.62. The summed E-state index contributed by atoms with van der Waals surface area (Å²) in [5, 5.41) is -0.243. The lowest BCUT2D eigenvalue weighted by Gasteiger charge is -2.58. The van der Waals surface area contributed by atoms with Gasteiger partial charge in [0.2, 0.25) is 0 Å². The first kappa shape index (κ1) is 13.2. The normalized spacial score (nSPS) is 44.7. The molecule has 0 aromatic heterocycles. The van der Waals surface area contributed by atoms with Crippen LogP contribution in [0.25, 0.3) is 0 Å². The molecule has 2 saturated heterocycles. The quantitative estimate of drug-likeness (QED) is 0.685. The molecule has 0 spiro atoms. The summed E-state index contributed by atoms with van der Waals surface area (Å²) in [6.07, 6.45) is 4.93. The molecule has 2 aliphatic heterocycles. The molecule has 0 aromatic rings. The number of hydrogen-bond acceptors (Lipinski definition) is 4. The Morgan fingerprint density at radius 3 is 2.61 bits per heavy atom. The lowest BCUT2D eigenvalue weighted by molar-refractivity contribution is -0.0303. The Bertz CT molecular complexity index is 421. The Hall–Kier alpha value is 0.160. The summed E-state index contributed by atoms with van der Waals surface area (Å²) in [5.41, 5.74) is -0.305. The molecule has 0 radical (unpaired) electrons. The van der Waals surface area contributed by atoms with E-state index in [1.807, 2.05) is 0 Å². The number of fused-ring (bicyclic) bond motifs is 1. The molecular weight excluding hydrogens is 274 g/mol. The smallest absolute Gasteiger partial charge is 0.173 e. The standard InChI is InChI=1S/C12H20ClNO3S/c13-11-12(14-6-8-17-9-7-14)5-3-1-2-4-10(12)18(11,15)16/h10-11H,1-9H2/t10-,11-,12+/m1/s1. The molecule has 3 atom stereocenters. The van der Waals surface area contributed by atoms with E-state index in [2.05, 4.69) is 4.90 Å². The van der Waals surface area contributed by atoms with Gasteiger partial charge in [-0.1, -0.05) is 19.3 Å². The largest absolute Gasteiger partial charge is 0.379 e. The minimum absolute atomic E-state index is 0.243. The SMILES string of the molecule is O=S1(=O)[C@@H]2CCCCC[C@@]2(N2CCOCC2)[C@@H]1Cl. The van der Waals surface area contributed by atoms with E-state index in [4.69, 9.17) is 16.3 Å². The van der Waals surface area contributed by atoms with E-state index in [1.54, 1.807) is 0 Å². The molecule has 3 aliphatic rings. The third-order valence-electron chi connectivity index (χ3n) is 4.78. The summed E-state index contributed by atoms with van der Waals surface area (Å²) in [6, 6.07) is 0. The molecule has 18 heavy (non-hydrogen) atoms. The summed E-state index contributed by atoms with van der Waals surface area (Å²) >= 11 is 6.31. The van der Waals surface area contributed by atoms with Crippen LogP contribution in [0, 0.1) is 0 Å². The van der Waals surface area contributed by atoms with Gasteiger partial charge in [-0.25, -0.2) is 8.42 Å². The molecule has 1 saturated carbocycles. The average Bonchev–Trinajstić information content (AvgIpc) is 2.61. The predicted octanol–water partition coefficient (Wildman–Crippen LogP) is 1.38. The fourth-order valence-electron chi connectivity index (χ4n) is 3.88. The fourth-order valence-corrected chi connectivity index (χ4v) is 7.25. The molecule has 0 N–H and O–H groups in total. The van der Waals surface area contributed by atoms with Gasteiger partial charge in [0, 0.05) is 13.1 Å². The van der Waals surface area contributed by atoms with E-state index in [1.165, 1.54) is 0 Å². The van der Waals surface area contributed by atoms with Crippen LogP contribution in [0.15, 0.2) is 0 Å². The van der Waals surface area contributed by atoms with Gasteiger partial charge in [-0.2, -0.15) is 0 Å². The molecule has 4 nitrogen and oxygen atoms in total. The van der Waals surface area contributed by atoms with Crippen molar-refractivity contribution in [2.24, 2.45) is 0 Å². The van der Waals surface area contributed by atoms with Crippen molar-refractivity contribution in [2.45, 2.75) is 47.6 Å². The number of hydrogen-bond donors (Lipinski definition) is 0. The van der Waals surface area contributed by atoms with Gasteiger partial charge in [-0.05, 0) is 12.8 Å². The molecule has 0 unspecified atom stereocenters. The van der Waals surface area contributed by atoms with Crippen LogP contribution in [-0.2, 0) is 14.6 Å². The van der Waals surface area contributed by atoms with E-state index in [0.717, 1.165) is 45.2 Å². The summed E-state index contributed by atoms with van der Waals surface area (Å²) in [6.45, 7) is 3.01. The maximum absolute atomic E-state index is 12.2. The van der Waals surface area contributed by atoms with Gasteiger partial charge in [-0.3, -0.25) is 4.90 Å². The topological polar surface area (TPSA) is 46.6 Å². The van der Waals surface area contributed by atoms with Crippen LogP contribution in [0.4, 0.5) is 0 Å². The molecule has 0 aromatic carbocycles. The highest BCUT2D eigenvalue weighted by Crippen LogP contribution is 2.53. The molecule has 3 rings (SSSR count). The van der Waals surface area contributed by atoms with Crippen molar-refractivity contribution >= 4 is 21.4 Å². The number of halogens is 1. The molecule has 104 valence electrons. The van der Waals surface area contributed by atoms with Crippen LogP contribution in [-0.4, -0.2) is 55.1 Å². The summed E-state index contributed by atoms with van der Waals surface area (Å²) in [7, 11) is -3.11. The van der Waals surface area contributed by atoms with Crippen LogP contribution in [0.1, 0.15) is 32.1 Å². The molecule has 0 amide bonds. The van der Waals surface area contributed by atoms with Gasteiger partial charge in [0.05, 0.1) is 24.0 Å². The molecular formula is C12H20ClNO3S. The Balaban J connectivity index is 1.94. The van der Waals surface area contributed by atoms with E-state index in [0.29, 0.717) is 13.2 Å². The van der Waals surface area contributed by atoms with Crippen LogP contribution in [0.5, 0.6) is 0 Å². The Morgan fingerprint density at radius 1 is 1.17 bits per heavy atom. The first-order valence-electron chi connectivity index (χ1n) is 6.80. The number of morpholine rings is 1. The summed E-state index contributed by atoms with van der Waals surface area (Å²) in [4.78, 5) is 2.30. The zero-order valence-corrected chi connectivity index (χ0v) is 12.0. The highest BCUT2D eigenvalue weighted by Gasteiger charge is 2.68. The van der Waals surface area contributed by atoms with Crippen molar-refractivity contribution in [3.63, 3.8) is 0 Å². The number of nitrogens with zero attached hydrogens (tertiary/aromatic N) is 1. The third kappa shape index (κ3) is 1.67. The lowest BCUT2D eigenvalue weighted by atomic mass is 9.87. The van der Waals surface area contributed by atoms with E-state index < -0.39 is 14.5 Å². The molecule has 3 fully saturated rings. The first-order chi connectivity index (χ1) is 8.60. The second-order valence-corrected chi connectivity index (χ2v) is 8.50. The van der Waals surface area contributed by atoms with E-state index in [9.17, 15) is 8.42 Å². The number of rotatable bonds is 1. The van der Waals surface area contributed by atoms with Crippen molar-refractivity contribution < 1.29 is 13.2 Å². The third-order valence-corrected chi connectivity index (χ3v) is 8.32. The van der Waals surface area contributed by atoms with Crippen LogP contribution < -0.4 is 0 Å². The minimum atomic E-state index is -3.11. The maximum Gasteiger partial charge on any atom is 0.173 e. The molecule has 0 bridgehead atoms. The van der Waals surface area contributed by atoms with Gasteiger partial charge < -0.3 is 4.74 Å². The van der Waals surface area contributed by atoms with Crippen LogP contribution >= 0.6 is 11.6 Å². The minimum Gasteiger partial charge on any atom is -0.379 e. The van der Waals surface area contributed by atoms with Crippen molar-refractivity contribution in [1.82, 2.24) is 4.90 Å². The van der Waals surface area contributed by atoms with Crippen molar-refractivity contribution in [3.8, 4) is 0 Å². The van der Waals surface area contributed by atoms with E-state index >= 15 is 0 Å². The monoisotopic (exact) mass is 293 g/mol. The maximum atomic E-state index is 12.2. The fraction of sp³-hybridized carbons (Fsp3) is 1.00. The predicted molar refractivity (Wildman–Crippen MR) is 70.6 cm³/mol. The van der Waals surface area contributed by atoms with Crippen LogP contribution in [0.3, 0.4) is 0 Å².